The summed E-state index contributed by atoms with van der Waals surface area (Å²) in [5.74, 6) is -0.357. The van der Waals surface area contributed by atoms with Gasteiger partial charge in [-0.1, -0.05) is 0 Å². The minimum atomic E-state index is -0.357. The van der Waals surface area contributed by atoms with Crippen LogP contribution in [0.4, 0.5) is 0 Å². The number of aryl methyl sites for hydroxylation is 1. The van der Waals surface area contributed by atoms with Crippen molar-refractivity contribution in [1.29, 1.82) is 0 Å². The lowest BCUT2D eigenvalue weighted by molar-refractivity contribution is -0.210. The molecule has 0 saturated carbocycles. The lowest BCUT2D eigenvalue weighted by Crippen LogP contribution is -2.38. The molecular formula is C14H21NO3S. The maximum Gasteiger partial charge on any atom is 0.173 e. The van der Waals surface area contributed by atoms with E-state index in [4.69, 9.17) is 14.2 Å². The van der Waals surface area contributed by atoms with E-state index in [1.807, 2.05) is 11.3 Å². The van der Waals surface area contributed by atoms with E-state index in [1.54, 1.807) is 0 Å². The Labute approximate surface area is 118 Å². The SMILES string of the molecule is Cc1ccc(CNC[C@H]2COC3(CCOCC3)O2)s1. The summed E-state index contributed by atoms with van der Waals surface area (Å²) >= 11 is 1.84. The zero-order valence-electron chi connectivity index (χ0n) is 11.3. The standard InChI is InChI=1S/C14H21NO3S/c1-11-2-3-13(19-11)9-15-8-12-10-17-14(18-12)4-6-16-7-5-14/h2-3,12,15H,4-10H2,1H3/t12-/m0/s1. The Morgan fingerprint density at radius 2 is 2.21 bits per heavy atom. The van der Waals surface area contributed by atoms with Gasteiger partial charge in [0.05, 0.1) is 25.9 Å². The topological polar surface area (TPSA) is 39.7 Å². The van der Waals surface area contributed by atoms with E-state index in [-0.39, 0.29) is 11.9 Å². The van der Waals surface area contributed by atoms with E-state index in [0.717, 1.165) is 39.1 Å². The molecule has 106 valence electrons. The highest BCUT2D eigenvalue weighted by Crippen LogP contribution is 2.32. The van der Waals surface area contributed by atoms with Gasteiger partial charge in [-0.2, -0.15) is 0 Å². The average Bonchev–Trinajstić information content (AvgIpc) is 2.99. The van der Waals surface area contributed by atoms with Crippen molar-refractivity contribution in [3.8, 4) is 0 Å². The molecule has 2 aliphatic heterocycles. The van der Waals surface area contributed by atoms with Gasteiger partial charge >= 0.3 is 0 Å². The van der Waals surface area contributed by atoms with Gasteiger partial charge in [0.25, 0.3) is 0 Å². The molecule has 1 N–H and O–H groups in total. The summed E-state index contributed by atoms with van der Waals surface area (Å²) in [4.78, 5) is 2.73. The Balaban J connectivity index is 1.42. The summed E-state index contributed by atoms with van der Waals surface area (Å²) in [5.41, 5.74) is 0. The van der Waals surface area contributed by atoms with Crippen molar-refractivity contribution < 1.29 is 14.2 Å². The summed E-state index contributed by atoms with van der Waals surface area (Å²) in [6.07, 6.45) is 1.88. The predicted octanol–water partition coefficient (Wildman–Crippen LogP) is 2.07. The van der Waals surface area contributed by atoms with Crippen molar-refractivity contribution in [2.45, 2.75) is 38.2 Å². The Hall–Kier alpha value is -0.460. The zero-order chi connectivity index (χ0) is 13.1. The highest BCUT2D eigenvalue weighted by Gasteiger charge is 2.42. The highest BCUT2D eigenvalue weighted by atomic mass is 32.1. The van der Waals surface area contributed by atoms with E-state index in [9.17, 15) is 0 Å². The van der Waals surface area contributed by atoms with Crippen LogP contribution in [0, 0.1) is 6.92 Å². The van der Waals surface area contributed by atoms with E-state index in [2.05, 4.69) is 24.4 Å². The molecule has 2 aliphatic rings. The van der Waals surface area contributed by atoms with E-state index >= 15 is 0 Å². The zero-order valence-corrected chi connectivity index (χ0v) is 12.1. The van der Waals surface area contributed by atoms with E-state index < -0.39 is 0 Å². The summed E-state index contributed by atoms with van der Waals surface area (Å²) in [6, 6.07) is 4.34. The predicted molar refractivity (Wildman–Crippen MR) is 74.4 cm³/mol. The maximum atomic E-state index is 6.07. The molecular weight excluding hydrogens is 262 g/mol. The molecule has 1 spiro atoms. The Morgan fingerprint density at radius 1 is 1.37 bits per heavy atom. The third-order valence-corrected chi connectivity index (χ3v) is 4.64. The largest absolute Gasteiger partial charge is 0.381 e. The van der Waals surface area contributed by atoms with Crippen molar-refractivity contribution in [1.82, 2.24) is 5.32 Å². The van der Waals surface area contributed by atoms with Gasteiger partial charge in [-0.15, -0.1) is 11.3 Å². The number of hydrogen-bond acceptors (Lipinski definition) is 5. The lowest BCUT2D eigenvalue weighted by atomic mass is 10.1. The Morgan fingerprint density at radius 3 is 2.95 bits per heavy atom. The normalized spacial score (nSPS) is 26.1. The molecule has 3 heterocycles. The van der Waals surface area contributed by atoms with Crippen LogP contribution in [0.2, 0.25) is 0 Å². The molecule has 0 bridgehead atoms. The Bertz CT molecular complexity index is 415. The van der Waals surface area contributed by atoms with Gasteiger partial charge in [0, 0.05) is 35.7 Å². The molecule has 2 fully saturated rings. The quantitative estimate of drug-likeness (QED) is 0.918. The molecule has 4 nitrogen and oxygen atoms in total. The fourth-order valence-corrected chi connectivity index (χ4v) is 3.46. The van der Waals surface area contributed by atoms with Crippen molar-refractivity contribution in [3.05, 3.63) is 21.9 Å². The second kappa shape index (κ2) is 5.89. The first-order chi connectivity index (χ1) is 9.26. The van der Waals surface area contributed by atoms with Gasteiger partial charge in [0.2, 0.25) is 0 Å². The van der Waals surface area contributed by atoms with Crippen molar-refractivity contribution in [2.24, 2.45) is 0 Å². The third-order valence-electron chi connectivity index (χ3n) is 3.64. The first-order valence-corrected chi connectivity index (χ1v) is 7.73. The summed E-state index contributed by atoms with van der Waals surface area (Å²) in [5, 5.41) is 3.45. The molecule has 0 aromatic carbocycles. The minimum absolute atomic E-state index is 0.166. The summed E-state index contributed by atoms with van der Waals surface area (Å²) in [6.45, 7) is 6.07. The molecule has 5 heteroatoms. The van der Waals surface area contributed by atoms with Crippen molar-refractivity contribution in [3.63, 3.8) is 0 Å². The summed E-state index contributed by atoms with van der Waals surface area (Å²) < 4.78 is 17.3. The number of hydrogen-bond donors (Lipinski definition) is 1. The third kappa shape index (κ3) is 3.35. The highest BCUT2D eigenvalue weighted by molar-refractivity contribution is 7.11. The van der Waals surface area contributed by atoms with Gasteiger partial charge in [0.1, 0.15) is 0 Å². The Kier molecular flexibility index (Phi) is 4.19. The minimum Gasteiger partial charge on any atom is -0.381 e. The molecule has 0 amide bonds. The van der Waals surface area contributed by atoms with E-state index in [0.29, 0.717) is 6.61 Å². The van der Waals surface area contributed by atoms with Crippen LogP contribution in [0.1, 0.15) is 22.6 Å². The molecule has 3 rings (SSSR count). The van der Waals surface area contributed by atoms with Gasteiger partial charge < -0.3 is 19.5 Å². The number of rotatable bonds is 4. The second-order valence-corrected chi connectivity index (χ2v) is 6.59. The monoisotopic (exact) mass is 283 g/mol. The smallest absolute Gasteiger partial charge is 0.173 e. The first-order valence-electron chi connectivity index (χ1n) is 6.91. The van der Waals surface area contributed by atoms with Crippen LogP contribution in [-0.2, 0) is 20.8 Å². The number of thiophene rings is 1. The van der Waals surface area contributed by atoms with Crippen LogP contribution in [0.25, 0.3) is 0 Å². The molecule has 1 aromatic heterocycles. The number of nitrogens with one attached hydrogen (secondary N) is 1. The van der Waals surface area contributed by atoms with Crippen molar-refractivity contribution in [2.75, 3.05) is 26.4 Å². The van der Waals surface area contributed by atoms with Crippen molar-refractivity contribution >= 4 is 11.3 Å². The molecule has 0 radical (unpaired) electrons. The first kappa shape index (κ1) is 13.5. The number of ether oxygens (including phenoxy) is 3. The van der Waals surface area contributed by atoms with Gasteiger partial charge in [0.15, 0.2) is 5.79 Å². The summed E-state index contributed by atoms with van der Waals surface area (Å²) in [7, 11) is 0. The van der Waals surface area contributed by atoms with Crippen LogP contribution in [0.15, 0.2) is 12.1 Å². The van der Waals surface area contributed by atoms with Gasteiger partial charge in [-0.3, -0.25) is 0 Å². The molecule has 1 aromatic rings. The molecule has 2 saturated heterocycles. The van der Waals surface area contributed by atoms with E-state index in [1.165, 1.54) is 9.75 Å². The van der Waals surface area contributed by atoms with Crippen LogP contribution >= 0.6 is 11.3 Å². The average molecular weight is 283 g/mol. The van der Waals surface area contributed by atoms with Gasteiger partial charge in [-0.25, -0.2) is 0 Å². The molecule has 0 unspecified atom stereocenters. The van der Waals surface area contributed by atoms with Crippen LogP contribution in [0.5, 0.6) is 0 Å². The maximum absolute atomic E-state index is 6.07. The fourth-order valence-electron chi connectivity index (χ4n) is 2.60. The van der Waals surface area contributed by atoms with Crippen LogP contribution in [0.3, 0.4) is 0 Å². The molecule has 1 atom stereocenters. The van der Waals surface area contributed by atoms with Crippen LogP contribution < -0.4 is 5.32 Å². The van der Waals surface area contributed by atoms with Gasteiger partial charge in [-0.05, 0) is 19.1 Å². The fraction of sp³-hybridized carbons (Fsp3) is 0.714. The molecule has 0 aliphatic carbocycles. The second-order valence-electron chi connectivity index (χ2n) is 5.22. The molecule has 19 heavy (non-hydrogen) atoms. The lowest BCUT2D eigenvalue weighted by Gasteiger charge is -2.31. The van der Waals surface area contributed by atoms with Crippen LogP contribution in [-0.4, -0.2) is 38.3 Å².